The molecule has 0 saturated carbocycles. The van der Waals surface area contributed by atoms with Crippen LogP contribution in [0, 0.1) is 0 Å². The molecule has 0 amide bonds. The van der Waals surface area contributed by atoms with Crippen molar-refractivity contribution in [1.82, 2.24) is 4.33 Å². The Bertz CT molecular complexity index is 118. The van der Waals surface area contributed by atoms with Crippen molar-refractivity contribution in [3.8, 4) is 0 Å². The number of unbranched alkanes of at least 4 members (excludes halogenated alkanes) is 2. The molecule has 1 aliphatic heterocycles. The van der Waals surface area contributed by atoms with E-state index < -0.39 is 0 Å². The van der Waals surface area contributed by atoms with E-state index in [1.54, 1.807) is 0 Å². The first-order chi connectivity index (χ1) is 6.43. The molecule has 0 unspecified atom stereocenters. The van der Waals surface area contributed by atoms with Gasteiger partial charge in [-0.05, 0) is 0 Å². The second-order valence-electron chi connectivity index (χ2n) is 3.28. The van der Waals surface area contributed by atoms with Crippen molar-refractivity contribution in [2.75, 3.05) is 12.3 Å². The third-order valence-corrected chi connectivity index (χ3v) is 6.22. The third-order valence-electron chi connectivity index (χ3n) is 2.18. The topological polar surface area (TPSA) is 12.0 Å². The van der Waals surface area contributed by atoms with Crippen LogP contribution in [0.15, 0.2) is 0 Å². The van der Waals surface area contributed by atoms with Crippen molar-refractivity contribution in [2.24, 2.45) is 0 Å². The summed E-state index contributed by atoms with van der Waals surface area (Å²) in [5, 5.41) is 0.980. The first-order valence-corrected chi connectivity index (χ1v) is 9.93. The molecule has 0 aromatic rings. The Kier molecular flexibility index (Phi) is 8.00. The summed E-state index contributed by atoms with van der Waals surface area (Å²) in [5.41, 5.74) is 0. The van der Waals surface area contributed by atoms with Crippen molar-refractivity contribution < 1.29 is 0 Å². The van der Waals surface area contributed by atoms with Gasteiger partial charge in [0.15, 0.2) is 0 Å². The molecule has 0 aromatic carbocycles. The molecule has 0 aliphatic carbocycles. The van der Waals surface area contributed by atoms with Gasteiger partial charge in [-0.25, -0.2) is 0 Å². The predicted octanol–water partition coefficient (Wildman–Crippen LogP) is 2.96. The van der Waals surface area contributed by atoms with Gasteiger partial charge >= 0.3 is 96.6 Å². The Morgan fingerprint density at radius 1 is 1.38 bits per heavy atom. The molecule has 13 heavy (non-hydrogen) atoms. The molecule has 78 valence electrons. The molecular formula is C9H19NS2Se. The molecule has 1 saturated heterocycles. The zero-order valence-corrected chi connectivity index (χ0v) is 11.6. The summed E-state index contributed by atoms with van der Waals surface area (Å²) < 4.78 is 3.43. The zero-order valence-electron chi connectivity index (χ0n) is 8.25. The van der Waals surface area contributed by atoms with Gasteiger partial charge in [-0.1, -0.05) is 0 Å². The minimum atomic E-state index is 0.665. The quantitative estimate of drug-likeness (QED) is 0.438. The number of nitrogens with one attached hydrogen (secondary N) is 1. The summed E-state index contributed by atoms with van der Waals surface area (Å²) >= 11 is 0.665. The Hall–Kier alpha value is 1.18. The van der Waals surface area contributed by atoms with Crippen molar-refractivity contribution in [1.29, 1.82) is 0 Å². The minimum absolute atomic E-state index is 0.665. The predicted molar refractivity (Wildman–Crippen MR) is 66.5 cm³/mol. The monoisotopic (exact) mass is 285 g/mol. The average Bonchev–Trinajstić information content (AvgIpc) is 2.63. The van der Waals surface area contributed by atoms with Crippen LogP contribution in [0.2, 0.25) is 5.82 Å². The van der Waals surface area contributed by atoms with E-state index in [4.69, 9.17) is 0 Å². The maximum atomic E-state index is 3.43. The maximum absolute atomic E-state index is 3.43. The van der Waals surface area contributed by atoms with E-state index in [-0.39, 0.29) is 0 Å². The molecule has 1 fully saturated rings. The fraction of sp³-hybridized carbons (Fsp3) is 1.00. The summed E-state index contributed by atoms with van der Waals surface area (Å²) in [6, 6.07) is 0. The molecule has 0 bridgehead atoms. The second-order valence-corrected chi connectivity index (χ2v) is 7.53. The van der Waals surface area contributed by atoms with Gasteiger partial charge in [0, 0.05) is 0 Å². The Morgan fingerprint density at radius 2 is 2.31 bits per heavy atom. The molecule has 1 atom stereocenters. The molecule has 1 N–H and O–H groups in total. The van der Waals surface area contributed by atoms with E-state index in [2.05, 4.69) is 31.7 Å². The molecule has 0 spiro atoms. The van der Waals surface area contributed by atoms with Crippen molar-refractivity contribution >= 4 is 36.8 Å². The van der Waals surface area contributed by atoms with Crippen LogP contribution in [-0.4, -0.2) is 32.7 Å². The zero-order chi connectivity index (χ0) is 9.36. The van der Waals surface area contributed by atoms with E-state index in [9.17, 15) is 0 Å². The van der Waals surface area contributed by atoms with Crippen LogP contribution in [0.1, 0.15) is 32.1 Å². The van der Waals surface area contributed by atoms with E-state index >= 15 is 0 Å². The Morgan fingerprint density at radius 3 is 3.00 bits per heavy atom. The first-order valence-electron chi connectivity index (χ1n) is 4.97. The molecule has 0 aromatic heterocycles. The van der Waals surface area contributed by atoms with Gasteiger partial charge in [0.2, 0.25) is 0 Å². The summed E-state index contributed by atoms with van der Waals surface area (Å²) in [6.45, 7) is 1.24. The molecule has 0 radical (unpaired) electrons. The number of rotatable bonds is 7. The van der Waals surface area contributed by atoms with E-state index in [0.717, 1.165) is 5.25 Å². The Labute approximate surface area is 96.3 Å². The number of hydrogen-bond donors (Lipinski definition) is 1. The molecule has 1 rings (SSSR count). The molecule has 4 heteroatoms. The van der Waals surface area contributed by atoms with Crippen molar-refractivity contribution in [3.05, 3.63) is 0 Å². The van der Waals surface area contributed by atoms with Crippen LogP contribution in [0.5, 0.6) is 0 Å². The van der Waals surface area contributed by atoms with Crippen LogP contribution < -0.4 is 4.33 Å². The summed E-state index contributed by atoms with van der Waals surface area (Å²) in [7, 11) is 4.18. The second kappa shape index (κ2) is 8.48. The fourth-order valence-electron chi connectivity index (χ4n) is 1.41. The van der Waals surface area contributed by atoms with Crippen molar-refractivity contribution in [2.45, 2.75) is 43.2 Å². The van der Waals surface area contributed by atoms with Gasteiger partial charge in [-0.15, -0.1) is 0 Å². The molecular weight excluding hydrogens is 265 g/mol. The van der Waals surface area contributed by atoms with Crippen LogP contribution in [0.4, 0.5) is 0 Å². The van der Waals surface area contributed by atoms with Crippen LogP contribution in [-0.2, 0) is 0 Å². The summed E-state index contributed by atoms with van der Waals surface area (Å²) in [5.74, 6) is 3.62. The molecule has 1 aliphatic rings. The van der Waals surface area contributed by atoms with Crippen LogP contribution in [0.3, 0.4) is 0 Å². The van der Waals surface area contributed by atoms with E-state index in [0.29, 0.717) is 15.2 Å². The van der Waals surface area contributed by atoms with Gasteiger partial charge in [0.1, 0.15) is 0 Å². The number of hydrogen-bond acceptors (Lipinski definition) is 3. The standard InChI is InChI=1S/C9H19NS2Se/c1-13-10-7-4-2-3-5-9-6-8-11-12-9/h9-10H,2-8H2,1H3/t9-/m0/s1. The SMILES string of the molecule is C[Se]NCCCCC[C@H]1CCSS1. The van der Waals surface area contributed by atoms with E-state index in [1.165, 1.54) is 44.4 Å². The Balaban J connectivity index is 1.78. The van der Waals surface area contributed by atoms with Gasteiger partial charge in [0.25, 0.3) is 0 Å². The molecule has 1 heterocycles. The average molecular weight is 284 g/mol. The third kappa shape index (κ3) is 6.29. The van der Waals surface area contributed by atoms with Gasteiger partial charge < -0.3 is 0 Å². The van der Waals surface area contributed by atoms with Gasteiger partial charge in [-0.2, -0.15) is 0 Å². The van der Waals surface area contributed by atoms with Gasteiger partial charge in [0.05, 0.1) is 0 Å². The summed E-state index contributed by atoms with van der Waals surface area (Å²) in [4.78, 5) is 0. The fourth-order valence-corrected chi connectivity index (χ4v) is 5.17. The van der Waals surface area contributed by atoms with Crippen LogP contribution in [0.25, 0.3) is 0 Å². The van der Waals surface area contributed by atoms with E-state index in [1.807, 2.05) is 0 Å². The molecule has 1 nitrogen and oxygen atoms in total. The van der Waals surface area contributed by atoms with Crippen LogP contribution >= 0.6 is 21.6 Å². The van der Waals surface area contributed by atoms with Gasteiger partial charge in [-0.3, -0.25) is 0 Å². The summed E-state index contributed by atoms with van der Waals surface area (Å²) in [6.07, 6.45) is 7.14. The van der Waals surface area contributed by atoms with Crippen molar-refractivity contribution in [3.63, 3.8) is 0 Å². The normalized spacial score (nSPS) is 22.4. The first kappa shape index (κ1) is 12.3.